The Balaban J connectivity index is 2.71. The molecule has 0 spiro atoms. The van der Waals surface area contributed by atoms with E-state index in [9.17, 15) is 9.59 Å². The van der Waals surface area contributed by atoms with Gasteiger partial charge in [0.25, 0.3) is 0 Å². The number of pyridine rings is 1. The summed E-state index contributed by atoms with van der Waals surface area (Å²) in [5, 5.41) is 0. The van der Waals surface area contributed by atoms with Crippen molar-refractivity contribution in [2.45, 2.75) is 12.5 Å². The van der Waals surface area contributed by atoms with Crippen molar-refractivity contribution in [2.75, 3.05) is 7.11 Å². The van der Waals surface area contributed by atoms with Crippen molar-refractivity contribution in [3.8, 4) is 0 Å². The first-order valence-corrected chi connectivity index (χ1v) is 4.42. The Morgan fingerprint density at radius 3 is 3.00 bits per heavy atom. The Labute approximate surface area is 87.3 Å². The van der Waals surface area contributed by atoms with Gasteiger partial charge in [0.1, 0.15) is 11.7 Å². The van der Waals surface area contributed by atoms with E-state index < -0.39 is 12.0 Å². The third-order valence-corrected chi connectivity index (χ3v) is 1.88. The van der Waals surface area contributed by atoms with Gasteiger partial charge in [0.05, 0.1) is 7.11 Å². The zero-order valence-corrected chi connectivity index (χ0v) is 8.34. The van der Waals surface area contributed by atoms with Gasteiger partial charge >= 0.3 is 5.97 Å². The minimum Gasteiger partial charge on any atom is -0.468 e. The fraction of sp³-hybridized carbons (Fsp3) is 0.300. The number of hydrogen-bond acceptors (Lipinski definition) is 5. The zero-order chi connectivity index (χ0) is 11.3. The van der Waals surface area contributed by atoms with Crippen LogP contribution in [0.1, 0.15) is 16.2 Å². The van der Waals surface area contributed by atoms with Gasteiger partial charge in [0, 0.05) is 12.1 Å². The van der Waals surface area contributed by atoms with Crippen LogP contribution in [-0.2, 0) is 16.0 Å². The van der Waals surface area contributed by atoms with E-state index in [4.69, 9.17) is 5.73 Å². The standard InChI is InChI=1S/C10H12N2O3/c1-15-10(14)9(11)5-7-3-2-4-8(6-13)12-7/h2-4,6,9H,5,11H2,1H3/t9-/m0/s1. The third-order valence-electron chi connectivity index (χ3n) is 1.88. The lowest BCUT2D eigenvalue weighted by Crippen LogP contribution is -2.33. The van der Waals surface area contributed by atoms with E-state index >= 15 is 0 Å². The number of nitrogens with two attached hydrogens (primary N) is 1. The maximum absolute atomic E-state index is 11.0. The molecule has 1 atom stereocenters. The van der Waals surface area contributed by atoms with Gasteiger partial charge in [-0.3, -0.25) is 9.59 Å². The number of hydrogen-bond donors (Lipinski definition) is 1. The van der Waals surface area contributed by atoms with Crippen LogP contribution in [0.2, 0.25) is 0 Å². The summed E-state index contributed by atoms with van der Waals surface area (Å²) in [6, 6.07) is 4.23. The van der Waals surface area contributed by atoms with Gasteiger partial charge in [-0.15, -0.1) is 0 Å². The highest BCUT2D eigenvalue weighted by molar-refractivity contribution is 5.75. The van der Waals surface area contributed by atoms with Gasteiger partial charge in [-0.25, -0.2) is 4.98 Å². The number of nitrogens with zero attached hydrogens (tertiary/aromatic N) is 1. The zero-order valence-electron chi connectivity index (χ0n) is 8.34. The van der Waals surface area contributed by atoms with Crippen molar-refractivity contribution >= 4 is 12.3 Å². The summed E-state index contributed by atoms with van der Waals surface area (Å²) in [7, 11) is 1.28. The van der Waals surface area contributed by atoms with E-state index in [1.165, 1.54) is 7.11 Å². The average Bonchev–Trinajstić information content (AvgIpc) is 2.28. The molecule has 0 bridgehead atoms. The maximum Gasteiger partial charge on any atom is 0.323 e. The molecule has 0 saturated carbocycles. The molecule has 80 valence electrons. The highest BCUT2D eigenvalue weighted by atomic mass is 16.5. The molecule has 1 aromatic rings. The highest BCUT2D eigenvalue weighted by Crippen LogP contribution is 2.01. The van der Waals surface area contributed by atoms with Crippen LogP contribution in [0.15, 0.2) is 18.2 Å². The Kier molecular flexibility index (Phi) is 3.93. The molecule has 0 aromatic carbocycles. The van der Waals surface area contributed by atoms with E-state index in [0.29, 0.717) is 17.7 Å². The molecule has 0 unspecified atom stereocenters. The highest BCUT2D eigenvalue weighted by Gasteiger charge is 2.14. The lowest BCUT2D eigenvalue weighted by atomic mass is 10.1. The van der Waals surface area contributed by atoms with Crippen LogP contribution in [0.4, 0.5) is 0 Å². The van der Waals surface area contributed by atoms with Crippen molar-refractivity contribution in [3.63, 3.8) is 0 Å². The Morgan fingerprint density at radius 1 is 1.67 bits per heavy atom. The predicted octanol–water partition coefficient (Wildman–Crippen LogP) is -0.0631. The molecule has 1 heterocycles. The van der Waals surface area contributed by atoms with Crippen LogP contribution in [0.25, 0.3) is 0 Å². The molecule has 0 aliphatic carbocycles. The minimum atomic E-state index is -0.746. The van der Waals surface area contributed by atoms with Crippen LogP contribution < -0.4 is 5.73 Å². The molecule has 2 N–H and O–H groups in total. The SMILES string of the molecule is COC(=O)[C@@H](N)Cc1cccc(C=O)n1. The molecule has 0 saturated heterocycles. The van der Waals surface area contributed by atoms with Crippen molar-refractivity contribution < 1.29 is 14.3 Å². The van der Waals surface area contributed by atoms with Crippen LogP contribution in [0.5, 0.6) is 0 Å². The lowest BCUT2D eigenvalue weighted by Gasteiger charge is -2.08. The summed E-state index contributed by atoms with van der Waals surface area (Å²) in [5.41, 5.74) is 6.47. The van der Waals surface area contributed by atoms with Gasteiger partial charge in [-0.1, -0.05) is 6.07 Å². The quantitative estimate of drug-likeness (QED) is 0.553. The molecule has 0 aliphatic heterocycles. The number of aromatic nitrogens is 1. The second-order valence-corrected chi connectivity index (χ2v) is 3.01. The van der Waals surface area contributed by atoms with Crippen molar-refractivity contribution in [3.05, 3.63) is 29.6 Å². The maximum atomic E-state index is 11.0. The summed E-state index contributed by atoms with van der Waals surface area (Å²) in [6.45, 7) is 0. The van der Waals surface area contributed by atoms with Gasteiger partial charge in [0.15, 0.2) is 6.29 Å². The first kappa shape index (κ1) is 11.3. The second-order valence-electron chi connectivity index (χ2n) is 3.01. The summed E-state index contributed by atoms with van der Waals surface area (Å²) < 4.78 is 4.48. The number of rotatable bonds is 4. The summed E-state index contributed by atoms with van der Waals surface area (Å²) >= 11 is 0. The molecule has 0 amide bonds. The summed E-state index contributed by atoms with van der Waals surface area (Å²) in [5.74, 6) is -0.492. The number of carbonyl (C=O) groups is 2. The Bertz CT molecular complexity index is 365. The third kappa shape index (κ3) is 3.14. The van der Waals surface area contributed by atoms with Crippen LogP contribution >= 0.6 is 0 Å². The minimum absolute atomic E-state index is 0.258. The van der Waals surface area contributed by atoms with Gasteiger partial charge in [-0.05, 0) is 12.1 Å². The normalized spacial score (nSPS) is 11.9. The lowest BCUT2D eigenvalue weighted by molar-refractivity contribution is -0.142. The molecule has 0 aliphatic rings. The number of methoxy groups -OCH3 is 1. The summed E-state index contributed by atoms with van der Waals surface area (Å²) in [6.07, 6.45) is 0.904. The van der Waals surface area contributed by atoms with Crippen LogP contribution in [-0.4, -0.2) is 30.4 Å². The Hall–Kier alpha value is -1.75. The van der Waals surface area contributed by atoms with Crippen molar-refractivity contribution in [1.82, 2.24) is 4.98 Å². The first-order valence-electron chi connectivity index (χ1n) is 4.42. The van der Waals surface area contributed by atoms with E-state index in [1.54, 1.807) is 18.2 Å². The fourth-order valence-corrected chi connectivity index (χ4v) is 1.14. The van der Waals surface area contributed by atoms with E-state index in [2.05, 4.69) is 9.72 Å². The molecule has 1 rings (SSSR count). The monoisotopic (exact) mass is 208 g/mol. The molecule has 5 heteroatoms. The van der Waals surface area contributed by atoms with Gasteiger partial charge in [-0.2, -0.15) is 0 Å². The van der Waals surface area contributed by atoms with Crippen molar-refractivity contribution in [1.29, 1.82) is 0 Å². The van der Waals surface area contributed by atoms with E-state index in [-0.39, 0.29) is 6.42 Å². The molecule has 0 radical (unpaired) electrons. The van der Waals surface area contributed by atoms with Crippen LogP contribution in [0, 0.1) is 0 Å². The largest absolute Gasteiger partial charge is 0.468 e. The van der Waals surface area contributed by atoms with Crippen molar-refractivity contribution in [2.24, 2.45) is 5.73 Å². The predicted molar refractivity (Wildman–Crippen MR) is 53.3 cm³/mol. The molecule has 1 aromatic heterocycles. The molecule has 0 fully saturated rings. The van der Waals surface area contributed by atoms with E-state index in [0.717, 1.165) is 0 Å². The van der Waals surface area contributed by atoms with E-state index in [1.807, 2.05) is 0 Å². The average molecular weight is 208 g/mol. The topological polar surface area (TPSA) is 82.3 Å². The molecule has 5 nitrogen and oxygen atoms in total. The molecule has 15 heavy (non-hydrogen) atoms. The number of ether oxygens (including phenoxy) is 1. The fourth-order valence-electron chi connectivity index (χ4n) is 1.14. The molecular weight excluding hydrogens is 196 g/mol. The van der Waals surface area contributed by atoms with Gasteiger partial charge in [0.2, 0.25) is 0 Å². The Morgan fingerprint density at radius 2 is 2.40 bits per heavy atom. The second kappa shape index (κ2) is 5.21. The van der Waals surface area contributed by atoms with Gasteiger partial charge < -0.3 is 10.5 Å². The molecular formula is C10H12N2O3. The number of carbonyl (C=O) groups excluding carboxylic acids is 2. The van der Waals surface area contributed by atoms with Crippen LogP contribution in [0.3, 0.4) is 0 Å². The smallest absolute Gasteiger partial charge is 0.323 e. The first-order chi connectivity index (χ1) is 7.17. The number of aldehydes is 1. The summed E-state index contributed by atoms with van der Waals surface area (Å²) in [4.78, 5) is 25.5. The number of esters is 1.